The van der Waals surface area contributed by atoms with Gasteiger partial charge in [-0.05, 0) is 6.04 Å². The van der Waals surface area contributed by atoms with Gasteiger partial charge in [0.05, 0.1) is 0 Å². The van der Waals surface area contributed by atoms with E-state index in [9.17, 15) is 53.9 Å². The van der Waals surface area contributed by atoms with Gasteiger partial charge in [0.15, 0.2) is 0 Å². The van der Waals surface area contributed by atoms with Crippen LogP contribution < -0.4 is 0 Å². The fraction of sp³-hybridized carbons (Fsp3) is 0.667. The van der Waals surface area contributed by atoms with Gasteiger partial charge in [-0.15, -0.1) is 0 Å². The summed E-state index contributed by atoms with van der Waals surface area (Å²) < 4.78 is 112. The van der Waals surface area contributed by atoms with Gasteiger partial charge in [-0.1, -0.05) is 13.3 Å². The van der Waals surface area contributed by atoms with Crippen molar-refractivity contribution in [3.8, 4) is 0 Å². The van der Waals surface area contributed by atoms with E-state index in [2.05, 4.69) is 0 Å². The van der Waals surface area contributed by atoms with Gasteiger partial charge >= 0.3 is 26.6 Å². The molecule has 0 aromatic heterocycles. The SMILES string of the molecule is CCC[Si](C(=O)C(F)(F)F)(C(=O)C(F)(F)F)C(=O)C(F)(F)F. The van der Waals surface area contributed by atoms with Crippen molar-refractivity contribution in [1.29, 1.82) is 0 Å². The van der Waals surface area contributed by atoms with Gasteiger partial charge in [0.25, 0.3) is 0 Å². The van der Waals surface area contributed by atoms with Crippen molar-refractivity contribution < 1.29 is 53.9 Å². The molecule has 0 radical (unpaired) electrons. The van der Waals surface area contributed by atoms with Gasteiger partial charge in [0, 0.05) is 0 Å². The maximum Gasteiger partial charge on any atom is 0.446 e. The first-order valence-electron chi connectivity index (χ1n) is 5.37. The highest BCUT2D eigenvalue weighted by atomic mass is 28.3. The molecule has 0 aliphatic rings. The van der Waals surface area contributed by atoms with Crippen LogP contribution in [0.1, 0.15) is 13.3 Å². The number of carbonyl (C=O) groups excluding carboxylic acids is 3. The third-order valence-electron chi connectivity index (χ3n) is 2.56. The Morgan fingerprint density at radius 2 is 0.909 bits per heavy atom. The van der Waals surface area contributed by atoms with Crippen LogP contribution in [-0.2, 0) is 14.4 Å². The molecule has 0 atom stereocenters. The van der Waals surface area contributed by atoms with Gasteiger partial charge in [-0.3, -0.25) is 14.4 Å². The molecule has 0 N–H and O–H groups in total. The summed E-state index contributed by atoms with van der Waals surface area (Å²) in [7, 11) is -6.80. The number of halogens is 9. The summed E-state index contributed by atoms with van der Waals surface area (Å²) in [5.74, 6) is 0. The molecule has 0 saturated heterocycles. The minimum Gasteiger partial charge on any atom is -0.294 e. The molecular weight excluding hydrogens is 355 g/mol. The Morgan fingerprint density at radius 1 is 0.682 bits per heavy atom. The predicted molar refractivity (Wildman–Crippen MR) is 54.0 cm³/mol. The minimum absolute atomic E-state index is 0.822. The molecule has 0 heterocycles. The molecule has 0 amide bonds. The number of carbonyl (C=O) groups is 3. The van der Waals surface area contributed by atoms with Crippen molar-refractivity contribution in [2.75, 3.05) is 0 Å². The van der Waals surface area contributed by atoms with E-state index in [0.29, 0.717) is 0 Å². The first-order valence-corrected chi connectivity index (χ1v) is 7.58. The Balaban J connectivity index is 6.54. The van der Waals surface area contributed by atoms with Gasteiger partial charge < -0.3 is 0 Å². The van der Waals surface area contributed by atoms with Crippen LogP contribution in [0, 0.1) is 0 Å². The van der Waals surface area contributed by atoms with E-state index in [0.717, 1.165) is 6.92 Å². The summed E-state index contributed by atoms with van der Waals surface area (Å²) in [4.78, 5) is 33.4. The highest BCUT2D eigenvalue weighted by Gasteiger charge is 2.73. The molecule has 3 nitrogen and oxygen atoms in total. The van der Waals surface area contributed by atoms with Crippen molar-refractivity contribution in [2.24, 2.45) is 0 Å². The smallest absolute Gasteiger partial charge is 0.294 e. The third kappa shape index (κ3) is 3.87. The number of hydrogen-bond acceptors (Lipinski definition) is 3. The molecule has 0 unspecified atom stereocenters. The second-order valence-corrected chi connectivity index (χ2v) is 7.81. The topological polar surface area (TPSA) is 51.2 Å². The Labute approximate surface area is 117 Å². The zero-order chi connectivity index (χ0) is 18.1. The first kappa shape index (κ1) is 20.6. The van der Waals surface area contributed by atoms with Crippen LogP contribution in [0.5, 0.6) is 0 Å². The van der Waals surface area contributed by atoms with Crippen LogP contribution in [0.25, 0.3) is 0 Å². The summed E-state index contributed by atoms with van der Waals surface area (Å²) in [6.07, 6.45) is -19.4. The van der Waals surface area contributed by atoms with Gasteiger partial charge in [-0.2, -0.15) is 39.5 Å². The van der Waals surface area contributed by atoms with Gasteiger partial charge in [-0.25, -0.2) is 0 Å². The lowest BCUT2D eigenvalue weighted by Gasteiger charge is -2.28. The predicted octanol–water partition coefficient (Wildman–Crippen LogP) is 2.86. The average molecular weight is 362 g/mol. The summed E-state index contributed by atoms with van der Waals surface area (Å²) in [6, 6.07) is -1.73. The lowest BCUT2D eigenvalue weighted by atomic mass is 10.6. The van der Waals surface area contributed by atoms with Crippen LogP contribution >= 0.6 is 0 Å². The quantitative estimate of drug-likeness (QED) is 0.558. The molecule has 22 heavy (non-hydrogen) atoms. The molecule has 0 aliphatic carbocycles. The Bertz CT molecular complexity index is 410. The Morgan fingerprint density at radius 3 is 1.05 bits per heavy atom. The van der Waals surface area contributed by atoms with E-state index in [-0.39, 0.29) is 0 Å². The summed E-state index contributed by atoms with van der Waals surface area (Å²) in [5, 5.41) is -10.6. The lowest BCUT2D eigenvalue weighted by molar-refractivity contribution is -0.174. The number of rotatable bonds is 5. The maximum atomic E-state index is 12.4. The first-order chi connectivity index (χ1) is 9.52. The van der Waals surface area contributed by atoms with E-state index < -0.39 is 55.3 Å². The van der Waals surface area contributed by atoms with Crippen LogP contribution in [-0.4, -0.2) is 42.8 Å². The van der Waals surface area contributed by atoms with Crippen LogP contribution in [0.3, 0.4) is 0 Å². The van der Waals surface area contributed by atoms with E-state index in [1.165, 1.54) is 0 Å². The van der Waals surface area contributed by atoms with Gasteiger partial charge in [0.2, 0.25) is 16.2 Å². The number of alkyl halides is 9. The Kier molecular flexibility index (Phi) is 5.62. The summed E-state index contributed by atoms with van der Waals surface area (Å²) >= 11 is 0. The third-order valence-corrected chi connectivity index (χ3v) is 6.99. The molecule has 13 heteroatoms. The molecule has 0 spiro atoms. The fourth-order valence-electron chi connectivity index (χ4n) is 1.75. The van der Waals surface area contributed by atoms with E-state index >= 15 is 0 Å². The maximum absolute atomic E-state index is 12.4. The van der Waals surface area contributed by atoms with Crippen molar-refractivity contribution in [2.45, 2.75) is 37.9 Å². The molecule has 0 saturated carbocycles. The highest BCUT2D eigenvalue weighted by molar-refractivity contribution is 7.41. The highest BCUT2D eigenvalue weighted by Crippen LogP contribution is 2.37. The zero-order valence-corrected chi connectivity index (χ0v) is 11.5. The molecule has 0 aromatic rings. The van der Waals surface area contributed by atoms with E-state index in [1.54, 1.807) is 0 Å². The normalized spacial score (nSPS) is 13.9. The molecule has 0 aromatic carbocycles. The van der Waals surface area contributed by atoms with E-state index in [4.69, 9.17) is 0 Å². The molecule has 0 fully saturated rings. The molecule has 0 aliphatic heterocycles. The molecule has 0 rings (SSSR count). The van der Waals surface area contributed by atoms with Crippen molar-refractivity contribution in [1.82, 2.24) is 0 Å². The second kappa shape index (κ2) is 6.00. The largest absolute Gasteiger partial charge is 0.446 e. The van der Waals surface area contributed by atoms with Crippen LogP contribution in [0.2, 0.25) is 6.04 Å². The molecular formula is C9H7F9O3Si. The van der Waals surface area contributed by atoms with Crippen molar-refractivity contribution >= 4 is 24.3 Å². The molecule has 0 bridgehead atoms. The van der Waals surface area contributed by atoms with E-state index in [1.807, 2.05) is 0 Å². The average Bonchev–Trinajstić information content (AvgIpc) is 2.30. The van der Waals surface area contributed by atoms with Crippen LogP contribution in [0.15, 0.2) is 0 Å². The fourth-order valence-corrected chi connectivity index (χ4v) is 5.25. The molecule has 128 valence electrons. The second-order valence-electron chi connectivity index (χ2n) is 4.14. The van der Waals surface area contributed by atoms with Crippen LogP contribution in [0.4, 0.5) is 39.5 Å². The monoisotopic (exact) mass is 362 g/mol. The summed E-state index contributed by atoms with van der Waals surface area (Å²) in [5.41, 5.74) is 0. The lowest BCUT2D eigenvalue weighted by Crippen LogP contribution is -2.69. The standard InChI is InChI=1S/C9H7F9O3Si/c1-2-3-22(4(19)7(10,11)12,5(20)8(13,14)15)6(21)9(16,17)18/h2-3H2,1H3. The van der Waals surface area contributed by atoms with Gasteiger partial charge in [0.1, 0.15) is 0 Å². The number of hydrogen-bond donors (Lipinski definition) is 0. The summed E-state index contributed by atoms with van der Waals surface area (Å²) in [6.45, 7) is 0.846. The minimum atomic E-state index is -6.80. The zero-order valence-electron chi connectivity index (χ0n) is 10.5. The van der Waals surface area contributed by atoms with Crippen molar-refractivity contribution in [3.05, 3.63) is 0 Å². The Hall–Kier alpha value is -1.40. The van der Waals surface area contributed by atoms with Crippen molar-refractivity contribution in [3.63, 3.8) is 0 Å².